The standard InChI is InChI=1S/C16H24N2O.ClH/c19-16(15-13-9-1-2-10(7-9)14(13)15)18-6-5-11-3-4-12(8-18)17-11;/h9-15,17H,1-8H2;1H. The number of hydrogen-bond donors (Lipinski definition) is 1. The van der Waals surface area contributed by atoms with Crippen LogP contribution in [0.3, 0.4) is 0 Å². The molecule has 0 aromatic rings. The van der Waals surface area contributed by atoms with Crippen molar-refractivity contribution < 1.29 is 4.79 Å². The molecule has 1 N–H and O–H groups in total. The Hall–Kier alpha value is -0.280. The SMILES string of the molecule is Cl.O=C(C1C2C3CCC(C3)C12)N1CCC2CCC(C1)N2. The van der Waals surface area contributed by atoms with E-state index in [1.165, 1.54) is 38.5 Å². The van der Waals surface area contributed by atoms with E-state index >= 15 is 0 Å². The van der Waals surface area contributed by atoms with Crippen molar-refractivity contribution in [2.75, 3.05) is 13.1 Å². The maximum atomic E-state index is 12.8. The number of carbonyl (C=O) groups is 1. The molecule has 0 aromatic carbocycles. The van der Waals surface area contributed by atoms with Gasteiger partial charge in [-0.2, -0.15) is 0 Å². The first-order valence-electron chi connectivity index (χ1n) is 8.36. The Morgan fingerprint density at radius 3 is 2.40 bits per heavy atom. The van der Waals surface area contributed by atoms with Crippen LogP contribution in [0.1, 0.15) is 38.5 Å². The highest BCUT2D eigenvalue weighted by atomic mass is 35.5. The lowest BCUT2D eigenvalue weighted by Crippen LogP contribution is -2.40. The van der Waals surface area contributed by atoms with E-state index in [1.807, 2.05) is 0 Å². The summed E-state index contributed by atoms with van der Waals surface area (Å²) < 4.78 is 0. The van der Waals surface area contributed by atoms with Crippen molar-refractivity contribution in [2.24, 2.45) is 29.6 Å². The largest absolute Gasteiger partial charge is 0.341 e. The molecule has 6 unspecified atom stereocenters. The minimum Gasteiger partial charge on any atom is -0.341 e. The molecule has 1 amide bonds. The Kier molecular flexibility index (Phi) is 3.08. The van der Waals surface area contributed by atoms with Gasteiger partial charge in [0.05, 0.1) is 0 Å². The molecule has 20 heavy (non-hydrogen) atoms. The summed E-state index contributed by atoms with van der Waals surface area (Å²) >= 11 is 0. The summed E-state index contributed by atoms with van der Waals surface area (Å²) in [6, 6.07) is 1.28. The molecule has 3 nitrogen and oxygen atoms in total. The Morgan fingerprint density at radius 1 is 0.950 bits per heavy atom. The molecule has 2 saturated heterocycles. The predicted octanol–water partition coefficient (Wildman–Crippen LogP) is 2.05. The van der Waals surface area contributed by atoms with Gasteiger partial charge in [-0.3, -0.25) is 4.79 Å². The van der Waals surface area contributed by atoms with Crippen LogP contribution in [0.4, 0.5) is 0 Å². The van der Waals surface area contributed by atoms with Crippen molar-refractivity contribution in [3.63, 3.8) is 0 Å². The maximum Gasteiger partial charge on any atom is 0.226 e. The lowest BCUT2D eigenvalue weighted by atomic mass is 10.0. The third kappa shape index (κ3) is 1.78. The van der Waals surface area contributed by atoms with E-state index in [0.29, 0.717) is 23.9 Å². The van der Waals surface area contributed by atoms with Crippen molar-refractivity contribution >= 4 is 18.3 Å². The average molecular weight is 297 g/mol. The fraction of sp³-hybridized carbons (Fsp3) is 0.938. The Morgan fingerprint density at radius 2 is 1.65 bits per heavy atom. The zero-order valence-corrected chi connectivity index (χ0v) is 12.8. The first kappa shape index (κ1) is 13.4. The van der Waals surface area contributed by atoms with E-state index in [1.54, 1.807) is 0 Å². The molecular formula is C16H25ClN2O. The number of hydrogen-bond acceptors (Lipinski definition) is 2. The topological polar surface area (TPSA) is 32.3 Å². The Balaban J connectivity index is 0.00000106. The highest BCUT2D eigenvalue weighted by Crippen LogP contribution is 2.69. The maximum absolute atomic E-state index is 12.8. The Labute approximate surface area is 127 Å². The third-order valence-corrected chi connectivity index (χ3v) is 6.86. The molecule has 4 bridgehead atoms. The molecule has 6 atom stereocenters. The van der Waals surface area contributed by atoms with Crippen LogP contribution in [0.15, 0.2) is 0 Å². The quantitative estimate of drug-likeness (QED) is 0.803. The summed E-state index contributed by atoms with van der Waals surface area (Å²) in [6.07, 6.45) is 8.06. The minimum atomic E-state index is 0. The van der Waals surface area contributed by atoms with E-state index in [-0.39, 0.29) is 12.4 Å². The fourth-order valence-corrected chi connectivity index (χ4v) is 6.01. The summed E-state index contributed by atoms with van der Waals surface area (Å²) in [5.74, 6) is 4.43. The zero-order chi connectivity index (χ0) is 12.6. The molecule has 2 heterocycles. The smallest absolute Gasteiger partial charge is 0.226 e. The van der Waals surface area contributed by atoms with Gasteiger partial charge in [-0.05, 0) is 62.2 Å². The predicted molar refractivity (Wildman–Crippen MR) is 79.7 cm³/mol. The molecule has 112 valence electrons. The minimum absolute atomic E-state index is 0. The molecule has 2 aliphatic heterocycles. The number of rotatable bonds is 1. The van der Waals surface area contributed by atoms with E-state index in [0.717, 1.165) is 36.8 Å². The van der Waals surface area contributed by atoms with E-state index in [2.05, 4.69) is 10.2 Å². The van der Waals surface area contributed by atoms with Gasteiger partial charge in [0.2, 0.25) is 5.91 Å². The third-order valence-electron chi connectivity index (χ3n) is 6.86. The number of likely N-dealkylation sites (tertiary alicyclic amines) is 1. The fourth-order valence-electron chi connectivity index (χ4n) is 6.01. The molecule has 4 heteroatoms. The van der Waals surface area contributed by atoms with Crippen molar-refractivity contribution in [2.45, 2.75) is 50.6 Å². The second-order valence-electron chi connectivity index (χ2n) is 7.72. The van der Waals surface area contributed by atoms with E-state index < -0.39 is 0 Å². The number of carbonyl (C=O) groups excluding carboxylic acids is 1. The summed E-state index contributed by atoms with van der Waals surface area (Å²) in [4.78, 5) is 15.0. The number of amides is 1. The van der Waals surface area contributed by atoms with Crippen molar-refractivity contribution in [3.8, 4) is 0 Å². The van der Waals surface area contributed by atoms with Gasteiger partial charge in [0.25, 0.3) is 0 Å². The van der Waals surface area contributed by atoms with Crippen molar-refractivity contribution in [3.05, 3.63) is 0 Å². The lowest BCUT2D eigenvalue weighted by molar-refractivity contribution is -0.133. The summed E-state index contributed by atoms with van der Waals surface area (Å²) in [6.45, 7) is 2.00. The molecular weight excluding hydrogens is 272 g/mol. The van der Waals surface area contributed by atoms with Gasteiger partial charge in [-0.15, -0.1) is 12.4 Å². The van der Waals surface area contributed by atoms with Crippen LogP contribution in [0.2, 0.25) is 0 Å². The number of nitrogens with one attached hydrogen (secondary N) is 1. The van der Waals surface area contributed by atoms with Gasteiger partial charge in [0.1, 0.15) is 0 Å². The monoisotopic (exact) mass is 296 g/mol. The van der Waals surface area contributed by atoms with Crippen LogP contribution in [0, 0.1) is 29.6 Å². The first-order valence-corrected chi connectivity index (χ1v) is 8.36. The molecule has 3 aliphatic carbocycles. The second kappa shape index (κ2) is 4.61. The van der Waals surface area contributed by atoms with Gasteiger partial charge >= 0.3 is 0 Å². The van der Waals surface area contributed by atoms with Crippen molar-refractivity contribution in [1.29, 1.82) is 0 Å². The number of halogens is 1. The van der Waals surface area contributed by atoms with Crippen LogP contribution in [-0.2, 0) is 4.79 Å². The molecule has 0 aromatic heterocycles. The summed E-state index contributed by atoms with van der Waals surface area (Å²) in [5.41, 5.74) is 0. The van der Waals surface area contributed by atoms with E-state index in [4.69, 9.17) is 0 Å². The zero-order valence-electron chi connectivity index (χ0n) is 12.0. The molecule has 3 saturated carbocycles. The molecule has 5 fully saturated rings. The number of fused-ring (bicyclic) bond motifs is 7. The number of nitrogens with zero attached hydrogens (tertiary/aromatic N) is 1. The molecule has 0 radical (unpaired) electrons. The average Bonchev–Trinajstić information content (AvgIpc) is 2.70. The van der Waals surface area contributed by atoms with Gasteiger partial charge in [-0.1, -0.05) is 0 Å². The summed E-state index contributed by atoms with van der Waals surface area (Å²) in [5, 5.41) is 3.68. The van der Waals surface area contributed by atoms with E-state index in [9.17, 15) is 4.79 Å². The van der Waals surface area contributed by atoms with Crippen LogP contribution < -0.4 is 5.32 Å². The molecule has 5 aliphatic rings. The van der Waals surface area contributed by atoms with Crippen LogP contribution >= 0.6 is 12.4 Å². The molecule has 5 rings (SSSR count). The van der Waals surface area contributed by atoms with Gasteiger partial charge in [0.15, 0.2) is 0 Å². The second-order valence-corrected chi connectivity index (χ2v) is 7.72. The van der Waals surface area contributed by atoms with Crippen LogP contribution in [0.5, 0.6) is 0 Å². The normalized spacial score (nSPS) is 51.4. The highest BCUT2D eigenvalue weighted by molar-refractivity contribution is 5.85. The highest BCUT2D eigenvalue weighted by Gasteiger charge is 2.68. The lowest BCUT2D eigenvalue weighted by Gasteiger charge is -2.25. The van der Waals surface area contributed by atoms with Gasteiger partial charge < -0.3 is 10.2 Å². The van der Waals surface area contributed by atoms with Crippen molar-refractivity contribution in [1.82, 2.24) is 10.2 Å². The van der Waals surface area contributed by atoms with Gasteiger partial charge in [-0.25, -0.2) is 0 Å². The summed E-state index contributed by atoms with van der Waals surface area (Å²) in [7, 11) is 0. The van der Waals surface area contributed by atoms with Crippen LogP contribution in [0.25, 0.3) is 0 Å². The first-order chi connectivity index (χ1) is 9.31. The Bertz CT molecular complexity index is 413. The van der Waals surface area contributed by atoms with Crippen LogP contribution in [-0.4, -0.2) is 36.0 Å². The van der Waals surface area contributed by atoms with Gasteiger partial charge in [0, 0.05) is 31.1 Å². The molecule has 0 spiro atoms.